The predicted octanol–water partition coefficient (Wildman–Crippen LogP) is -2.91. The van der Waals surface area contributed by atoms with E-state index in [1.54, 1.807) is 0 Å². The molecule has 96 valence electrons. The average molecular weight is 274 g/mol. The molecule has 0 bridgehead atoms. The normalized spacial score (nSPS) is 43.9. The largest absolute Gasteiger partial charge is 0.394 e. The Bertz CT molecular complexity index is 328. The van der Waals surface area contributed by atoms with Gasteiger partial charge in [-0.1, -0.05) is 0 Å². The van der Waals surface area contributed by atoms with Crippen molar-refractivity contribution in [3.8, 4) is 0 Å². The highest BCUT2D eigenvalue weighted by Crippen LogP contribution is 2.22. The van der Waals surface area contributed by atoms with Crippen molar-refractivity contribution in [3.05, 3.63) is 0 Å². The first-order valence-corrected chi connectivity index (χ1v) is 7.26. The van der Waals surface area contributed by atoms with Gasteiger partial charge in [-0.15, -0.1) is 0 Å². The van der Waals surface area contributed by atoms with E-state index in [0.29, 0.717) is 0 Å². The van der Waals surface area contributed by atoms with Gasteiger partial charge in [0.25, 0.3) is 0 Å². The lowest BCUT2D eigenvalue weighted by atomic mass is 10.00. The van der Waals surface area contributed by atoms with Crippen molar-refractivity contribution in [3.63, 3.8) is 0 Å². The second-order valence-electron chi connectivity index (χ2n) is 3.50. The lowest BCUT2D eigenvalue weighted by molar-refractivity contribution is -0.275. The fourth-order valence-electron chi connectivity index (χ4n) is 1.32. The topological polar surface area (TPSA) is 116 Å². The van der Waals surface area contributed by atoms with Crippen molar-refractivity contribution >= 4 is 20.0 Å². The van der Waals surface area contributed by atoms with Crippen LogP contribution in [0.2, 0.25) is 0 Å². The Kier molecular flexibility index (Phi) is 4.60. The summed E-state index contributed by atoms with van der Waals surface area (Å²) in [5.41, 5.74) is 0. The van der Waals surface area contributed by atoms with Crippen LogP contribution < -0.4 is 0 Å². The molecule has 9 heteroatoms. The van der Waals surface area contributed by atoms with Crippen molar-refractivity contribution in [2.75, 3.05) is 12.9 Å². The summed E-state index contributed by atoms with van der Waals surface area (Å²) < 4.78 is 20.8. The Balaban J connectivity index is 2.79. The average Bonchev–Trinajstić information content (AvgIpc) is 2.17. The summed E-state index contributed by atoms with van der Waals surface area (Å²) in [4.78, 5) is 0. The standard InChI is InChI=1S/C7H14O7S2/c1-16(12,15)14-7-6(11)5(10)4(9)3(2-8)13-7/h3-11H,2H2,1H3/t3-,4+,5+,6-,7?,16?/m1/s1. The van der Waals surface area contributed by atoms with Gasteiger partial charge >= 0.3 is 0 Å². The molecule has 7 nitrogen and oxygen atoms in total. The monoisotopic (exact) mass is 274 g/mol. The van der Waals surface area contributed by atoms with E-state index < -0.39 is 46.1 Å². The summed E-state index contributed by atoms with van der Waals surface area (Å²) in [7, 11) is -3.06. The Morgan fingerprint density at radius 2 is 1.88 bits per heavy atom. The Morgan fingerprint density at radius 3 is 2.31 bits per heavy atom. The third-order valence-corrected chi connectivity index (χ3v) is 2.89. The van der Waals surface area contributed by atoms with Crippen LogP contribution in [0, 0.1) is 0 Å². The molecule has 1 fully saturated rings. The van der Waals surface area contributed by atoms with Gasteiger partial charge in [-0.05, 0) is 0 Å². The molecule has 0 aliphatic carbocycles. The van der Waals surface area contributed by atoms with E-state index in [4.69, 9.17) is 14.0 Å². The van der Waals surface area contributed by atoms with Gasteiger partial charge in [0.2, 0.25) is 6.29 Å². The van der Waals surface area contributed by atoms with E-state index in [2.05, 4.69) is 11.2 Å². The number of hydrogen-bond acceptors (Lipinski definition) is 8. The van der Waals surface area contributed by atoms with Crippen LogP contribution in [0.15, 0.2) is 0 Å². The SMILES string of the molecule is CS(=O)(=S)OC1O[C@H](CO)[C@H](O)[C@H](O)[C@H]1O. The number of aliphatic hydroxyl groups excluding tert-OH is 4. The summed E-state index contributed by atoms with van der Waals surface area (Å²) in [5.74, 6) is 0. The molecule has 0 saturated carbocycles. The van der Waals surface area contributed by atoms with Crippen LogP contribution in [0.25, 0.3) is 0 Å². The summed E-state index contributed by atoms with van der Waals surface area (Å²) in [6, 6.07) is 0. The van der Waals surface area contributed by atoms with E-state index in [0.717, 1.165) is 6.26 Å². The summed E-state index contributed by atoms with van der Waals surface area (Å²) in [6.07, 6.45) is -6.04. The van der Waals surface area contributed by atoms with E-state index in [9.17, 15) is 19.5 Å². The van der Waals surface area contributed by atoms with E-state index in [1.807, 2.05) is 0 Å². The van der Waals surface area contributed by atoms with Crippen molar-refractivity contribution in [2.45, 2.75) is 30.7 Å². The molecule has 0 aromatic heterocycles. The molecule has 1 aliphatic rings. The fourth-order valence-corrected chi connectivity index (χ4v) is 2.06. The van der Waals surface area contributed by atoms with Crippen LogP contribution in [0.5, 0.6) is 0 Å². The van der Waals surface area contributed by atoms with Crippen molar-refractivity contribution in [1.29, 1.82) is 0 Å². The number of rotatable bonds is 3. The second-order valence-corrected chi connectivity index (χ2v) is 6.91. The minimum Gasteiger partial charge on any atom is -0.394 e. The van der Waals surface area contributed by atoms with Gasteiger partial charge in [-0.2, -0.15) is 0 Å². The maximum absolute atomic E-state index is 11.2. The molecular formula is C7H14O7S2. The van der Waals surface area contributed by atoms with Crippen molar-refractivity contribution < 1.29 is 33.6 Å². The molecule has 2 unspecified atom stereocenters. The van der Waals surface area contributed by atoms with Crippen molar-refractivity contribution in [2.24, 2.45) is 0 Å². The van der Waals surface area contributed by atoms with Crippen LogP contribution >= 0.6 is 0 Å². The zero-order valence-corrected chi connectivity index (χ0v) is 10.1. The zero-order valence-electron chi connectivity index (χ0n) is 8.42. The Labute approximate surface area is 97.5 Å². The first kappa shape index (κ1) is 14.2. The van der Waals surface area contributed by atoms with Crippen LogP contribution in [0.3, 0.4) is 0 Å². The predicted molar refractivity (Wildman–Crippen MR) is 56.3 cm³/mol. The van der Waals surface area contributed by atoms with Crippen LogP contribution in [-0.2, 0) is 28.9 Å². The molecule has 0 aromatic rings. The number of hydrogen-bond donors (Lipinski definition) is 4. The van der Waals surface area contributed by atoms with Gasteiger partial charge in [-0.25, -0.2) is 4.21 Å². The Morgan fingerprint density at radius 1 is 1.31 bits per heavy atom. The molecule has 1 aliphatic heterocycles. The highest BCUT2D eigenvalue weighted by Gasteiger charge is 2.44. The molecule has 1 saturated heterocycles. The smallest absolute Gasteiger partial charge is 0.202 e. The lowest BCUT2D eigenvalue weighted by Crippen LogP contribution is -2.59. The van der Waals surface area contributed by atoms with Crippen LogP contribution in [0.1, 0.15) is 0 Å². The van der Waals surface area contributed by atoms with E-state index in [-0.39, 0.29) is 0 Å². The molecule has 4 N–H and O–H groups in total. The second kappa shape index (κ2) is 5.19. The van der Waals surface area contributed by atoms with Crippen LogP contribution in [-0.4, -0.2) is 68.2 Å². The van der Waals surface area contributed by atoms with Gasteiger partial charge in [0.05, 0.1) is 6.61 Å². The first-order chi connectivity index (χ1) is 7.26. The van der Waals surface area contributed by atoms with Gasteiger partial charge < -0.3 is 25.2 Å². The highest BCUT2D eigenvalue weighted by atomic mass is 32.8. The molecule has 1 rings (SSSR count). The molecule has 1 heterocycles. The number of ether oxygens (including phenoxy) is 1. The van der Waals surface area contributed by atoms with Gasteiger partial charge in [-0.3, -0.25) is 4.18 Å². The third kappa shape index (κ3) is 3.31. The van der Waals surface area contributed by atoms with Gasteiger partial charge in [0.15, 0.2) is 0 Å². The molecule has 0 radical (unpaired) electrons. The molecule has 0 aromatic carbocycles. The quantitative estimate of drug-likeness (QED) is 0.433. The summed E-state index contributed by atoms with van der Waals surface area (Å²) >= 11 is 4.47. The molecular weight excluding hydrogens is 260 g/mol. The molecule has 0 amide bonds. The maximum atomic E-state index is 11.2. The minimum atomic E-state index is -3.06. The lowest BCUT2D eigenvalue weighted by Gasteiger charge is -2.39. The van der Waals surface area contributed by atoms with E-state index in [1.165, 1.54) is 0 Å². The van der Waals surface area contributed by atoms with Gasteiger partial charge in [0, 0.05) is 17.4 Å². The molecule has 6 atom stereocenters. The number of aliphatic hydroxyl groups is 4. The minimum absolute atomic E-state index is 0.576. The third-order valence-electron chi connectivity index (χ3n) is 2.12. The van der Waals surface area contributed by atoms with Crippen LogP contribution in [0.4, 0.5) is 0 Å². The highest BCUT2D eigenvalue weighted by molar-refractivity contribution is 8.29. The maximum Gasteiger partial charge on any atom is 0.202 e. The first-order valence-electron chi connectivity index (χ1n) is 4.45. The molecule has 16 heavy (non-hydrogen) atoms. The van der Waals surface area contributed by atoms with Crippen molar-refractivity contribution in [1.82, 2.24) is 0 Å². The zero-order chi connectivity index (χ0) is 12.5. The Hall–Kier alpha value is 0.130. The summed E-state index contributed by atoms with van der Waals surface area (Å²) in [5, 5.41) is 37.1. The van der Waals surface area contributed by atoms with Gasteiger partial charge in [0.1, 0.15) is 33.2 Å². The van der Waals surface area contributed by atoms with E-state index >= 15 is 0 Å². The fraction of sp³-hybridized carbons (Fsp3) is 1.00. The summed E-state index contributed by atoms with van der Waals surface area (Å²) in [6.45, 7) is -0.576. The molecule has 0 spiro atoms.